The SMILES string of the molecule is Cc1ccc2c(c1)N(CC#N)N=C(C(=O)N1CCCC1)S2(=O)=O. The average Bonchev–Trinajstić information content (AvgIpc) is 3.03. The van der Waals surface area contributed by atoms with Crippen molar-refractivity contribution in [1.82, 2.24) is 4.90 Å². The van der Waals surface area contributed by atoms with E-state index in [4.69, 9.17) is 5.26 Å². The van der Waals surface area contributed by atoms with Gasteiger partial charge in [-0.3, -0.25) is 4.79 Å². The maximum absolute atomic E-state index is 12.8. The van der Waals surface area contributed by atoms with E-state index in [0.29, 0.717) is 18.8 Å². The third-order valence-corrected chi connectivity index (χ3v) is 5.63. The molecule has 0 unspecified atom stereocenters. The lowest BCUT2D eigenvalue weighted by atomic mass is 10.2. The fourth-order valence-electron chi connectivity index (χ4n) is 2.78. The number of anilines is 1. The number of carbonyl (C=O) groups is 1. The molecule has 8 heteroatoms. The summed E-state index contributed by atoms with van der Waals surface area (Å²) in [5, 5.41) is 13.8. The lowest BCUT2D eigenvalue weighted by Gasteiger charge is -2.27. The van der Waals surface area contributed by atoms with Crippen LogP contribution in [0.25, 0.3) is 0 Å². The quantitative estimate of drug-likeness (QED) is 0.755. The molecule has 2 heterocycles. The van der Waals surface area contributed by atoms with Crippen LogP contribution in [0.1, 0.15) is 18.4 Å². The zero-order valence-electron chi connectivity index (χ0n) is 12.7. The van der Waals surface area contributed by atoms with Gasteiger partial charge in [-0.25, -0.2) is 13.4 Å². The maximum atomic E-state index is 12.8. The van der Waals surface area contributed by atoms with E-state index >= 15 is 0 Å². The molecular formula is C15H16N4O3S. The van der Waals surface area contributed by atoms with Crippen LogP contribution >= 0.6 is 0 Å². The molecule has 2 aliphatic rings. The van der Waals surface area contributed by atoms with Crippen LogP contribution in [-0.2, 0) is 14.6 Å². The Morgan fingerprint density at radius 1 is 1.35 bits per heavy atom. The molecule has 0 bridgehead atoms. The molecule has 0 aliphatic carbocycles. The Balaban J connectivity index is 2.12. The van der Waals surface area contributed by atoms with Gasteiger partial charge in [-0.15, -0.1) is 0 Å². The van der Waals surface area contributed by atoms with Crippen LogP contribution in [-0.4, -0.2) is 43.9 Å². The molecule has 0 aromatic heterocycles. The van der Waals surface area contributed by atoms with Crippen molar-refractivity contribution < 1.29 is 13.2 Å². The van der Waals surface area contributed by atoms with Crippen molar-refractivity contribution in [3.8, 4) is 6.07 Å². The Kier molecular flexibility index (Phi) is 3.82. The highest BCUT2D eigenvalue weighted by atomic mass is 32.2. The van der Waals surface area contributed by atoms with E-state index < -0.39 is 20.8 Å². The average molecular weight is 332 g/mol. The minimum Gasteiger partial charge on any atom is -0.337 e. The molecule has 1 aromatic rings. The summed E-state index contributed by atoms with van der Waals surface area (Å²) >= 11 is 0. The van der Waals surface area contributed by atoms with E-state index in [0.717, 1.165) is 18.4 Å². The number of sulfone groups is 1. The predicted molar refractivity (Wildman–Crippen MR) is 84.6 cm³/mol. The van der Waals surface area contributed by atoms with Gasteiger partial charge in [0.05, 0.1) is 16.7 Å². The molecule has 0 atom stereocenters. The minimum atomic E-state index is -3.98. The van der Waals surface area contributed by atoms with E-state index in [-0.39, 0.29) is 11.4 Å². The van der Waals surface area contributed by atoms with Crippen LogP contribution in [0.5, 0.6) is 0 Å². The summed E-state index contributed by atoms with van der Waals surface area (Å²) < 4.78 is 25.6. The topological polar surface area (TPSA) is 93.8 Å². The molecule has 2 aliphatic heterocycles. The zero-order valence-corrected chi connectivity index (χ0v) is 13.5. The second-order valence-corrected chi connectivity index (χ2v) is 7.43. The lowest BCUT2D eigenvalue weighted by Crippen LogP contribution is -2.42. The standard InChI is InChI=1S/C15H16N4O3S/c1-11-4-5-13-12(10-11)19(9-6-16)17-14(23(13,21)22)15(20)18-7-2-3-8-18/h4-5,10H,2-3,7-9H2,1H3. The number of rotatable bonds is 2. The molecule has 1 fully saturated rings. The van der Waals surface area contributed by atoms with Crippen molar-refractivity contribution in [3.05, 3.63) is 23.8 Å². The number of hydrogen-bond donors (Lipinski definition) is 0. The summed E-state index contributed by atoms with van der Waals surface area (Å²) in [7, 11) is -3.98. The summed E-state index contributed by atoms with van der Waals surface area (Å²) in [6.45, 7) is 2.77. The molecular weight excluding hydrogens is 316 g/mol. The Morgan fingerprint density at radius 2 is 2.04 bits per heavy atom. The molecule has 23 heavy (non-hydrogen) atoms. The third kappa shape index (κ3) is 2.57. The highest BCUT2D eigenvalue weighted by Crippen LogP contribution is 2.33. The van der Waals surface area contributed by atoms with Gasteiger partial charge in [0.2, 0.25) is 14.9 Å². The highest BCUT2D eigenvalue weighted by Gasteiger charge is 2.39. The number of hydrogen-bond acceptors (Lipinski definition) is 6. The Morgan fingerprint density at radius 3 is 2.70 bits per heavy atom. The minimum absolute atomic E-state index is 0.0240. The second kappa shape index (κ2) is 5.66. The second-order valence-electron chi connectivity index (χ2n) is 5.59. The first-order valence-corrected chi connectivity index (χ1v) is 8.81. The van der Waals surface area contributed by atoms with Gasteiger partial charge in [-0.05, 0) is 37.5 Å². The fourth-order valence-corrected chi connectivity index (χ4v) is 4.24. The zero-order chi connectivity index (χ0) is 16.6. The molecule has 0 saturated carbocycles. The first kappa shape index (κ1) is 15.5. The molecule has 3 rings (SSSR count). The van der Waals surface area contributed by atoms with E-state index in [2.05, 4.69) is 5.10 Å². The van der Waals surface area contributed by atoms with Crippen molar-refractivity contribution in [2.45, 2.75) is 24.7 Å². The van der Waals surface area contributed by atoms with Crippen LogP contribution < -0.4 is 5.01 Å². The van der Waals surface area contributed by atoms with E-state index in [1.54, 1.807) is 12.1 Å². The molecule has 1 aromatic carbocycles. The van der Waals surface area contributed by atoms with Gasteiger partial charge >= 0.3 is 0 Å². The highest BCUT2D eigenvalue weighted by molar-refractivity contribution is 8.08. The summed E-state index contributed by atoms with van der Waals surface area (Å²) in [6, 6.07) is 6.75. The predicted octanol–water partition coefficient (Wildman–Crippen LogP) is 1.05. The monoisotopic (exact) mass is 332 g/mol. The van der Waals surface area contributed by atoms with Crippen molar-refractivity contribution in [1.29, 1.82) is 5.26 Å². The molecule has 120 valence electrons. The van der Waals surface area contributed by atoms with Gasteiger partial charge in [-0.2, -0.15) is 10.4 Å². The van der Waals surface area contributed by atoms with Crippen LogP contribution in [0.4, 0.5) is 5.69 Å². The Bertz CT molecular complexity index is 833. The molecule has 1 amide bonds. The fraction of sp³-hybridized carbons (Fsp3) is 0.400. The summed E-state index contributed by atoms with van der Waals surface area (Å²) in [4.78, 5) is 14.1. The van der Waals surface area contributed by atoms with E-state index in [9.17, 15) is 13.2 Å². The Hall–Kier alpha value is -2.40. The Labute approximate surface area is 134 Å². The molecule has 1 saturated heterocycles. The van der Waals surface area contributed by atoms with Crippen LogP contribution in [0.15, 0.2) is 28.2 Å². The van der Waals surface area contributed by atoms with Crippen LogP contribution in [0.2, 0.25) is 0 Å². The van der Waals surface area contributed by atoms with Gasteiger partial charge in [0.1, 0.15) is 6.54 Å². The number of amides is 1. The van der Waals surface area contributed by atoms with Crippen molar-refractivity contribution in [2.24, 2.45) is 5.10 Å². The van der Waals surface area contributed by atoms with Gasteiger partial charge in [-0.1, -0.05) is 6.07 Å². The van der Waals surface area contributed by atoms with Crippen molar-refractivity contribution >= 4 is 26.5 Å². The van der Waals surface area contributed by atoms with Crippen LogP contribution in [0.3, 0.4) is 0 Å². The van der Waals surface area contributed by atoms with Gasteiger partial charge in [0.15, 0.2) is 0 Å². The number of aryl methyl sites for hydroxylation is 1. The van der Waals surface area contributed by atoms with Crippen LogP contribution in [0, 0.1) is 18.3 Å². The summed E-state index contributed by atoms with van der Waals surface area (Å²) in [6.07, 6.45) is 1.72. The van der Waals surface area contributed by atoms with Crippen molar-refractivity contribution in [2.75, 3.05) is 24.6 Å². The van der Waals surface area contributed by atoms with E-state index in [1.165, 1.54) is 16.0 Å². The first-order valence-electron chi connectivity index (χ1n) is 7.33. The number of fused-ring (bicyclic) bond motifs is 1. The normalized spacial score (nSPS) is 19.0. The number of nitrogens with zero attached hydrogens (tertiary/aromatic N) is 4. The van der Waals surface area contributed by atoms with Gasteiger partial charge < -0.3 is 4.90 Å². The van der Waals surface area contributed by atoms with Gasteiger partial charge in [0.25, 0.3) is 5.91 Å². The van der Waals surface area contributed by atoms with E-state index in [1.807, 2.05) is 13.0 Å². The summed E-state index contributed by atoms with van der Waals surface area (Å²) in [5.41, 5.74) is 1.19. The smallest absolute Gasteiger partial charge is 0.286 e. The van der Waals surface area contributed by atoms with Crippen molar-refractivity contribution in [3.63, 3.8) is 0 Å². The largest absolute Gasteiger partial charge is 0.337 e. The molecule has 0 radical (unpaired) electrons. The molecule has 0 spiro atoms. The number of nitriles is 1. The van der Waals surface area contributed by atoms with Gasteiger partial charge in [0, 0.05) is 13.1 Å². The number of likely N-dealkylation sites (tertiary alicyclic amines) is 1. The third-order valence-electron chi connectivity index (χ3n) is 3.94. The lowest BCUT2D eigenvalue weighted by molar-refractivity contribution is -0.122. The number of hydrazone groups is 1. The maximum Gasteiger partial charge on any atom is 0.286 e. The first-order chi connectivity index (χ1) is 10.9. The molecule has 7 nitrogen and oxygen atoms in total. The summed E-state index contributed by atoms with van der Waals surface area (Å²) in [5.74, 6) is -0.586. The number of carbonyl (C=O) groups excluding carboxylic acids is 1. The molecule has 0 N–H and O–H groups in total. The number of benzene rings is 1.